The molecule has 0 bridgehead atoms. The molecule has 1 aliphatic heterocycles. The first kappa shape index (κ1) is 13.4. The van der Waals surface area contributed by atoms with Crippen molar-refractivity contribution in [3.8, 4) is 6.07 Å². The zero-order valence-corrected chi connectivity index (χ0v) is 11.8. The number of rotatable bonds is 1. The lowest BCUT2D eigenvalue weighted by Gasteiger charge is -2.50. The van der Waals surface area contributed by atoms with Gasteiger partial charge in [-0.05, 0) is 56.8 Å². The predicted octanol–water partition coefficient (Wildman–Crippen LogP) is 3.17. The van der Waals surface area contributed by atoms with Gasteiger partial charge in [0.25, 0.3) is 0 Å². The largest absolute Gasteiger partial charge is 0.388 e. The standard InChI is InChI=1S/C16H25NO2/c17-12-15(6-3-11-19-13-15)16(18)9-7-14(8-10-16)4-1-2-5-14/h18H,1-11,13H2. The van der Waals surface area contributed by atoms with Crippen molar-refractivity contribution in [2.45, 2.75) is 69.8 Å². The van der Waals surface area contributed by atoms with Crippen LogP contribution in [-0.2, 0) is 4.74 Å². The molecule has 0 radical (unpaired) electrons. The number of aliphatic hydroxyl groups is 1. The molecule has 1 atom stereocenters. The van der Waals surface area contributed by atoms with Crippen molar-refractivity contribution in [3.05, 3.63) is 0 Å². The molecule has 3 heteroatoms. The third-order valence-corrected chi connectivity index (χ3v) is 6.15. The first-order valence-electron chi connectivity index (χ1n) is 7.85. The van der Waals surface area contributed by atoms with E-state index in [-0.39, 0.29) is 0 Å². The van der Waals surface area contributed by atoms with Crippen LogP contribution in [0.25, 0.3) is 0 Å². The first-order valence-corrected chi connectivity index (χ1v) is 7.85. The van der Waals surface area contributed by atoms with Gasteiger partial charge in [-0.1, -0.05) is 12.8 Å². The van der Waals surface area contributed by atoms with Crippen molar-refractivity contribution in [3.63, 3.8) is 0 Å². The smallest absolute Gasteiger partial charge is 0.109 e. The van der Waals surface area contributed by atoms with E-state index < -0.39 is 11.0 Å². The molecular formula is C16H25NO2. The Balaban J connectivity index is 1.75. The maximum atomic E-state index is 11.1. The molecule has 2 aliphatic carbocycles. The predicted molar refractivity (Wildman–Crippen MR) is 72.4 cm³/mol. The normalized spacial score (nSPS) is 37.1. The maximum Gasteiger partial charge on any atom is 0.109 e. The van der Waals surface area contributed by atoms with Gasteiger partial charge < -0.3 is 9.84 Å². The van der Waals surface area contributed by atoms with Crippen LogP contribution in [-0.4, -0.2) is 23.9 Å². The lowest BCUT2D eigenvalue weighted by Crippen LogP contribution is -2.55. The van der Waals surface area contributed by atoms with Gasteiger partial charge in [0.15, 0.2) is 0 Å². The van der Waals surface area contributed by atoms with E-state index in [2.05, 4.69) is 6.07 Å². The summed E-state index contributed by atoms with van der Waals surface area (Å²) in [6.07, 6.45) is 10.9. The van der Waals surface area contributed by atoms with Gasteiger partial charge in [0, 0.05) is 6.61 Å². The summed E-state index contributed by atoms with van der Waals surface area (Å²) in [4.78, 5) is 0. The topological polar surface area (TPSA) is 53.2 Å². The van der Waals surface area contributed by atoms with E-state index in [9.17, 15) is 10.4 Å². The lowest BCUT2D eigenvalue weighted by molar-refractivity contribution is -0.149. The summed E-state index contributed by atoms with van der Waals surface area (Å²) in [6.45, 7) is 1.16. The molecule has 1 saturated heterocycles. The lowest BCUT2D eigenvalue weighted by atomic mass is 9.58. The number of hydrogen-bond acceptors (Lipinski definition) is 3. The van der Waals surface area contributed by atoms with Crippen LogP contribution in [0.4, 0.5) is 0 Å². The van der Waals surface area contributed by atoms with E-state index in [1.807, 2.05) is 0 Å². The third kappa shape index (κ3) is 2.10. The van der Waals surface area contributed by atoms with Gasteiger partial charge in [-0.25, -0.2) is 0 Å². The van der Waals surface area contributed by atoms with E-state index in [1.54, 1.807) is 0 Å². The molecular weight excluding hydrogens is 238 g/mol. The second-order valence-electron chi connectivity index (χ2n) is 7.09. The molecule has 106 valence electrons. The minimum absolute atomic E-state index is 0.424. The van der Waals surface area contributed by atoms with Gasteiger partial charge in [0.1, 0.15) is 5.41 Å². The van der Waals surface area contributed by atoms with E-state index in [0.717, 1.165) is 45.1 Å². The fraction of sp³-hybridized carbons (Fsp3) is 0.938. The monoisotopic (exact) mass is 263 g/mol. The van der Waals surface area contributed by atoms with Crippen LogP contribution in [0.5, 0.6) is 0 Å². The van der Waals surface area contributed by atoms with Gasteiger partial charge in [-0.15, -0.1) is 0 Å². The minimum atomic E-state index is -0.810. The summed E-state index contributed by atoms with van der Waals surface area (Å²) in [5.41, 5.74) is -0.958. The molecule has 3 rings (SSSR count). The van der Waals surface area contributed by atoms with Gasteiger partial charge in [-0.3, -0.25) is 0 Å². The van der Waals surface area contributed by atoms with Crippen LogP contribution in [0.1, 0.15) is 64.2 Å². The van der Waals surface area contributed by atoms with Crippen molar-refractivity contribution in [2.24, 2.45) is 10.8 Å². The van der Waals surface area contributed by atoms with Crippen LogP contribution in [0.15, 0.2) is 0 Å². The Morgan fingerprint density at radius 1 is 0.895 bits per heavy atom. The van der Waals surface area contributed by atoms with E-state index in [1.165, 1.54) is 25.7 Å². The van der Waals surface area contributed by atoms with Crippen molar-refractivity contribution in [2.75, 3.05) is 13.2 Å². The third-order valence-electron chi connectivity index (χ3n) is 6.15. The fourth-order valence-corrected chi connectivity index (χ4v) is 4.65. The van der Waals surface area contributed by atoms with Crippen LogP contribution >= 0.6 is 0 Å². The molecule has 0 aromatic carbocycles. The first-order chi connectivity index (χ1) is 9.14. The quantitative estimate of drug-likeness (QED) is 0.790. The van der Waals surface area contributed by atoms with E-state index >= 15 is 0 Å². The molecule has 1 N–H and O–H groups in total. The molecule has 3 aliphatic rings. The number of nitriles is 1. The van der Waals surface area contributed by atoms with Crippen molar-refractivity contribution in [1.29, 1.82) is 5.26 Å². The van der Waals surface area contributed by atoms with Gasteiger partial charge in [0.2, 0.25) is 0 Å². The Kier molecular flexibility index (Phi) is 3.35. The highest BCUT2D eigenvalue weighted by molar-refractivity contribution is 5.14. The molecule has 3 nitrogen and oxygen atoms in total. The van der Waals surface area contributed by atoms with E-state index in [0.29, 0.717) is 12.0 Å². The minimum Gasteiger partial charge on any atom is -0.388 e. The molecule has 1 unspecified atom stereocenters. The summed E-state index contributed by atoms with van der Waals surface area (Å²) in [5.74, 6) is 0. The Bertz CT molecular complexity index is 363. The number of nitrogens with zero attached hydrogens (tertiary/aromatic N) is 1. The zero-order valence-electron chi connectivity index (χ0n) is 11.8. The second-order valence-corrected chi connectivity index (χ2v) is 7.09. The van der Waals surface area contributed by atoms with Crippen molar-refractivity contribution in [1.82, 2.24) is 0 Å². The summed E-state index contributed by atoms with van der Waals surface area (Å²) in [6, 6.07) is 2.43. The van der Waals surface area contributed by atoms with Crippen LogP contribution in [0.2, 0.25) is 0 Å². The molecule has 0 amide bonds. The molecule has 19 heavy (non-hydrogen) atoms. The van der Waals surface area contributed by atoms with Crippen LogP contribution < -0.4 is 0 Å². The molecule has 2 saturated carbocycles. The summed E-state index contributed by atoms with van der Waals surface area (Å²) in [7, 11) is 0. The molecule has 3 fully saturated rings. The maximum absolute atomic E-state index is 11.1. The SMILES string of the molecule is N#CC1(C2(O)CCC3(CCCC3)CC2)CCCOC1. The summed E-state index contributed by atoms with van der Waals surface area (Å²) in [5, 5.41) is 20.7. The Hall–Kier alpha value is -0.590. The molecule has 1 heterocycles. The van der Waals surface area contributed by atoms with Crippen LogP contribution in [0.3, 0.4) is 0 Å². The molecule has 0 aromatic rings. The van der Waals surface area contributed by atoms with Gasteiger partial charge in [0.05, 0.1) is 18.3 Å². The molecule has 1 spiro atoms. The Labute approximate surface area is 115 Å². The summed E-state index contributed by atoms with van der Waals surface area (Å²) < 4.78 is 5.53. The summed E-state index contributed by atoms with van der Waals surface area (Å²) >= 11 is 0. The van der Waals surface area contributed by atoms with Crippen molar-refractivity contribution >= 4 is 0 Å². The Morgan fingerprint density at radius 3 is 2.11 bits per heavy atom. The highest BCUT2D eigenvalue weighted by Gasteiger charge is 2.55. The highest BCUT2D eigenvalue weighted by atomic mass is 16.5. The second kappa shape index (κ2) is 4.75. The number of ether oxygens (including phenoxy) is 1. The Morgan fingerprint density at radius 2 is 1.58 bits per heavy atom. The highest BCUT2D eigenvalue weighted by Crippen LogP contribution is 2.56. The van der Waals surface area contributed by atoms with Gasteiger partial charge in [-0.2, -0.15) is 5.26 Å². The average Bonchev–Trinajstić information content (AvgIpc) is 2.92. The zero-order chi connectivity index (χ0) is 13.4. The van der Waals surface area contributed by atoms with Crippen molar-refractivity contribution < 1.29 is 9.84 Å². The van der Waals surface area contributed by atoms with E-state index in [4.69, 9.17) is 4.74 Å². The van der Waals surface area contributed by atoms with Gasteiger partial charge >= 0.3 is 0 Å². The van der Waals surface area contributed by atoms with Crippen LogP contribution in [0, 0.1) is 22.2 Å². The molecule has 0 aromatic heterocycles. The number of hydrogen-bond donors (Lipinski definition) is 1. The fourth-order valence-electron chi connectivity index (χ4n) is 4.65. The average molecular weight is 263 g/mol.